The van der Waals surface area contributed by atoms with Crippen LogP contribution in [-0.4, -0.2) is 36.1 Å². The topological polar surface area (TPSA) is 76.1 Å². The van der Waals surface area contributed by atoms with E-state index in [2.05, 4.69) is 38.5 Å². The van der Waals surface area contributed by atoms with E-state index in [1.807, 2.05) is 60.9 Å². The molecule has 0 spiro atoms. The third-order valence-electron chi connectivity index (χ3n) is 5.35. The summed E-state index contributed by atoms with van der Waals surface area (Å²) in [6.07, 6.45) is 3.65. The van der Waals surface area contributed by atoms with E-state index >= 15 is 0 Å². The number of benzene rings is 2. The van der Waals surface area contributed by atoms with Gasteiger partial charge < -0.3 is 15.4 Å². The zero-order valence-electron chi connectivity index (χ0n) is 18.7. The second-order valence-electron chi connectivity index (χ2n) is 7.48. The Labute approximate surface area is 193 Å². The van der Waals surface area contributed by atoms with Crippen LogP contribution in [0, 0.1) is 11.8 Å². The van der Waals surface area contributed by atoms with Crippen molar-refractivity contribution >= 4 is 22.5 Å². The monoisotopic (exact) mass is 436 g/mol. The number of hydrogen-bond acceptors (Lipinski definition) is 5. The number of amides is 1. The molecule has 0 aliphatic heterocycles. The van der Waals surface area contributed by atoms with Crippen LogP contribution in [0.1, 0.15) is 18.2 Å². The quantitative estimate of drug-likeness (QED) is 0.458. The summed E-state index contributed by atoms with van der Waals surface area (Å²) < 4.78 is 5.22. The van der Waals surface area contributed by atoms with Crippen LogP contribution in [0.2, 0.25) is 0 Å². The molecule has 164 valence electrons. The molecular weight excluding hydrogens is 412 g/mol. The molecule has 0 fully saturated rings. The summed E-state index contributed by atoms with van der Waals surface area (Å²) in [5.41, 5.74) is 3.16. The molecule has 1 unspecified atom stereocenters. The van der Waals surface area contributed by atoms with Gasteiger partial charge in [-0.15, -0.1) is 0 Å². The van der Waals surface area contributed by atoms with Gasteiger partial charge in [0.2, 0.25) is 5.91 Å². The standard InChI is InChI=1S/C27H24N4O2/c1-18(28-2)27(32)31-26-15-13-23(24-17-29-16-20-6-4-5-7-22(20)24)25(30-26)14-10-19-8-11-21(33-3)12-9-19/h4-9,11-13,15-18,28H,1-3H3,(H,30,31,32). The lowest BCUT2D eigenvalue weighted by atomic mass is 9.99. The van der Waals surface area contributed by atoms with Crippen LogP contribution < -0.4 is 15.4 Å². The number of carbonyl (C=O) groups excluding carboxylic acids is 1. The second kappa shape index (κ2) is 9.94. The molecule has 0 bridgehead atoms. The van der Waals surface area contributed by atoms with Crippen LogP contribution in [0.3, 0.4) is 0 Å². The minimum atomic E-state index is -0.345. The zero-order valence-corrected chi connectivity index (χ0v) is 18.7. The maximum atomic E-state index is 12.4. The molecule has 2 heterocycles. The van der Waals surface area contributed by atoms with Gasteiger partial charge in [-0.1, -0.05) is 30.2 Å². The largest absolute Gasteiger partial charge is 0.497 e. The number of likely N-dealkylation sites (N-methyl/N-ethyl adjacent to an activating group) is 1. The predicted molar refractivity (Wildman–Crippen MR) is 131 cm³/mol. The molecular formula is C27H24N4O2. The maximum Gasteiger partial charge on any atom is 0.242 e. The number of anilines is 1. The molecule has 1 amide bonds. The Morgan fingerprint density at radius 2 is 1.76 bits per heavy atom. The Balaban J connectivity index is 1.80. The third kappa shape index (κ3) is 5.00. The Morgan fingerprint density at radius 3 is 2.52 bits per heavy atom. The Morgan fingerprint density at radius 1 is 0.970 bits per heavy atom. The van der Waals surface area contributed by atoms with E-state index in [0.29, 0.717) is 11.5 Å². The lowest BCUT2D eigenvalue weighted by Gasteiger charge is -2.13. The number of pyridine rings is 2. The van der Waals surface area contributed by atoms with Gasteiger partial charge in [-0.2, -0.15) is 0 Å². The van der Waals surface area contributed by atoms with E-state index in [1.54, 1.807) is 27.1 Å². The van der Waals surface area contributed by atoms with Gasteiger partial charge >= 0.3 is 0 Å². The SMILES string of the molecule is CNC(C)C(=O)Nc1ccc(-c2cncc3ccccc23)c(C#Cc2ccc(OC)cc2)n1. The smallest absolute Gasteiger partial charge is 0.242 e. The lowest BCUT2D eigenvalue weighted by Crippen LogP contribution is -2.35. The van der Waals surface area contributed by atoms with Crippen molar-refractivity contribution in [2.24, 2.45) is 0 Å². The molecule has 0 aliphatic carbocycles. The molecule has 33 heavy (non-hydrogen) atoms. The predicted octanol–water partition coefficient (Wildman–Crippen LogP) is 4.25. The first-order valence-corrected chi connectivity index (χ1v) is 10.6. The third-order valence-corrected chi connectivity index (χ3v) is 5.35. The fraction of sp³-hybridized carbons (Fsp3) is 0.148. The maximum absolute atomic E-state index is 12.4. The molecule has 0 saturated heterocycles. The highest BCUT2D eigenvalue weighted by Crippen LogP contribution is 2.30. The zero-order chi connectivity index (χ0) is 23.2. The fourth-order valence-corrected chi connectivity index (χ4v) is 3.34. The number of nitrogens with one attached hydrogen (secondary N) is 2. The van der Waals surface area contributed by atoms with Crippen LogP contribution in [0.4, 0.5) is 5.82 Å². The van der Waals surface area contributed by atoms with Crippen molar-refractivity contribution in [2.75, 3.05) is 19.5 Å². The Bertz CT molecular complexity index is 1350. The molecule has 0 aliphatic rings. The summed E-state index contributed by atoms with van der Waals surface area (Å²) in [7, 11) is 3.36. The number of carbonyl (C=O) groups is 1. The van der Waals surface area contributed by atoms with Gasteiger partial charge in [-0.05, 0) is 61.7 Å². The highest BCUT2D eigenvalue weighted by Gasteiger charge is 2.14. The van der Waals surface area contributed by atoms with E-state index in [4.69, 9.17) is 4.74 Å². The average molecular weight is 437 g/mol. The highest BCUT2D eigenvalue weighted by atomic mass is 16.5. The molecule has 2 aromatic carbocycles. The summed E-state index contributed by atoms with van der Waals surface area (Å²) >= 11 is 0. The van der Waals surface area contributed by atoms with Gasteiger partial charge in [0, 0.05) is 34.5 Å². The van der Waals surface area contributed by atoms with Gasteiger partial charge in [-0.25, -0.2) is 4.98 Å². The number of ether oxygens (including phenoxy) is 1. The summed E-state index contributed by atoms with van der Waals surface area (Å²) in [6, 6.07) is 18.9. The molecule has 6 heteroatoms. The van der Waals surface area contributed by atoms with Gasteiger partial charge in [0.15, 0.2) is 0 Å². The Kier molecular flexibility index (Phi) is 6.63. The highest BCUT2D eigenvalue weighted by molar-refractivity contribution is 5.97. The normalized spacial score (nSPS) is 11.4. The van der Waals surface area contributed by atoms with Gasteiger partial charge in [0.05, 0.1) is 13.2 Å². The van der Waals surface area contributed by atoms with Gasteiger partial charge in [-0.3, -0.25) is 9.78 Å². The first kappa shape index (κ1) is 22.0. The van der Waals surface area contributed by atoms with Crippen LogP contribution in [0.15, 0.2) is 73.1 Å². The second-order valence-corrected chi connectivity index (χ2v) is 7.48. The molecule has 1 atom stereocenters. The number of rotatable bonds is 5. The summed E-state index contributed by atoms with van der Waals surface area (Å²) in [4.78, 5) is 21.4. The van der Waals surface area contributed by atoms with Crippen molar-refractivity contribution in [3.8, 4) is 28.7 Å². The van der Waals surface area contributed by atoms with Crippen molar-refractivity contribution in [3.63, 3.8) is 0 Å². The molecule has 0 saturated carbocycles. The van der Waals surface area contributed by atoms with Crippen LogP contribution in [-0.2, 0) is 4.79 Å². The lowest BCUT2D eigenvalue weighted by molar-refractivity contribution is -0.117. The van der Waals surface area contributed by atoms with Crippen molar-refractivity contribution in [2.45, 2.75) is 13.0 Å². The van der Waals surface area contributed by atoms with E-state index in [9.17, 15) is 4.79 Å². The summed E-state index contributed by atoms with van der Waals surface area (Å²) in [5, 5.41) is 7.87. The first-order valence-electron chi connectivity index (χ1n) is 10.6. The molecule has 2 N–H and O–H groups in total. The average Bonchev–Trinajstić information content (AvgIpc) is 2.87. The molecule has 6 nitrogen and oxygen atoms in total. The van der Waals surface area contributed by atoms with Crippen molar-refractivity contribution in [1.29, 1.82) is 0 Å². The first-order chi connectivity index (χ1) is 16.1. The number of aromatic nitrogens is 2. The molecule has 4 rings (SSSR count). The molecule has 4 aromatic rings. The van der Waals surface area contributed by atoms with Crippen LogP contribution >= 0.6 is 0 Å². The van der Waals surface area contributed by atoms with Crippen molar-refractivity contribution < 1.29 is 9.53 Å². The fourth-order valence-electron chi connectivity index (χ4n) is 3.34. The minimum Gasteiger partial charge on any atom is -0.497 e. The number of hydrogen-bond donors (Lipinski definition) is 2. The number of fused-ring (bicyclic) bond motifs is 1. The summed E-state index contributed by atoms with van der Waals surface area (Å²) in [5.74, 6) is 7.40. The minimum absolute atomic E-state index is 0.168. The van der Waals surface area contributed by atoms with Gasteiger partial charge in [0.25, 0.3) is 0 Å². The molecule has 0 radical (unpaired) electrons. The molecule has 2 aromatic heterocycles. The van der Waals surface area contributed by atoms with Crippen LogP contribution in [0.5, 0.6) is 5.75 Å². The van der Waals surface area contributed by atoms with E-state index in [-0.39, 0.29) is 11.9 Å². The Hall–Kier alpha value is -4.21. The number of methoxy groups -OCH3 is 1. The summed E-state index contributed by atoms with van der Waals surface area (Å²) in [6.45, 7) is 1.79. The van der Waals surface area contributed by atoms with E-state index < -0.39 is 0 Å². The van der Waals surface area contributed by atoms with Gasteiger partial charge in [0.1, 0.15) is 17.3 Å². The van der Waals surface area contributed by atoms with Crippen LogP contribution in [0.25, 0.3) is 21.9 Å². The van der Waals surface area contributed by atoms with Crippen molar-refractivity contribution in [1.82, 2.24) is 15.3 Å². The van der Waals surface area contributed by atoms with E-state index in [1.165, 1.54) is 0 Å². The van der Waals surface area contributed by atoms with E-state index in [0.717, 1.165) is 33.2 Å². The number of nitrogens with zero attached hydrogens (tertiary/aromatic N) is 2. The van der Waals surface area contributed by atoms with Crippen molar-refractivity contribution in [3.05, 3.63) is 84.3 Å².